The highest BCUT2D eigenvalue weighted by Gasteiger charge is 2.15. The van der Waals surface area contributed by atoms with E-state index in [-0.39, 0.29) is 11.1 Å². The van der Waals surface area contributed by atoms with Crippen molar-refractivity contribution >= 4 is 23.3 Å². The van der Waals surface area contributed by atoms with Crippen LogP contribution in [0.5, 0.6) is 0 Å². The molecule has 0 fully saturated rings. The third-order valence-corrected chi connectivity index (χ3v) is 3.38. The monoisotopic (exact) mass is 249 g/mol. The molecule has 3 aromatic rings. The fourth-order valence-corrected chi connectivity index (χ4v) is 2.47. The van der Waals surface area contributed by atoms with E-state index >= 15 is 0 Å². The third-order valence-electron chi connectivity index (χ3n) is 3.38. The zero-order valence-corrected chi connectivity index (χ0v) is 10.5. The van der Waals surface area contributed by atoms with E-state index in [9.17, 15) is 10.1 Å². The van der Waals surface area contributed by atoms with Crippen molar-refractivity contribution in [2.45, 2.75) is 13.3 Å². The summed E-state index contributed by atoms with van der Waals surface area (Å²) >= 11 is 0. The van der Waals surface area contributed by atoms with E-state index in [4.69, 9.17) is 0 Å². The fraction of sp³-hybridized carbons (Fsp3) is 0.133. The number of aromatic nitrogens is 2. The molecule has 0 bridgehead atoms. The molecule has 3 rings (SSSR count). The second-order valence-electron chi connectivity index (χ2n) is 4.36. The molecule has 0 radical (unpaired) electrons. The van der Waals surface area contributed by atoms with E-state index in [0.717, 1.165) is 5.52 Å². The molecule has 0 aliphatic carbocycles. The minimum absolute atomic E-state index is 0.170. The Labute approximate surface area is 109 Å². The Morgan fingerprint density at radius 2 is 2.16 bits per heavy atom. The first kappa shape index (κ1) is 11.4. The maximum absolute atomic E-state index is 12.4. The molecule has 0 aliphatic heterocycles. The topological polar surface area (TPSA) is 58.2 Å². The van der Waals surface area contributed by atoms with Crippen molar-refractivity contribution in [2.75, 3.05) is 0 Å². The smallest absolute Gasteiger partial charge is 0.267 e. The van der Waals surface area contributed by atoms with Crippen LogP contribution in [0.1, 0.15) is 18.1 Å². The molecule has 0 atom stereocenters. The highest BCUT2D eigenvalue weighted by Crippen LogP contribution is 2.13. The minimum atomic E-state index is -0.310. The van der Waals surface area contributed by atoms with Gasteiger partial charge >= 0.3 is 0 Å². The highest BCUT2D eigenvalue weighted by molar-refractivity contribution is 5.81. The molecule has 2 heterocycles. The molecule has 92 valence electrons. The third kappa shape index (κ3) is 1.39. The maximum Gasteiger partial charge on any atom is 0.275 e. The number of hydrogen-bond donors (Lipinski definition) is 0. The van der Waals surface area contributed by atoms with Gasteiger partial charge in [-0.2, -0.15) is 5.26 Å². The molecular formula is C15H11N3O. The lowest BCUT2D eigenvalue weighted by molar-refractivity contribution is 1.04. The van der Waals surface area contributed by atoms with Crippen molar-refractivity contribution < 1.29 is 0 Å². The van der Waals surface area contributed by atoms with Crippen LogP contribution in [0, 0.1) is 11.3 Å². The van der Waals surface area contributed by atoms with E-state index in [1.54, 1.807) is 0 Å². The molecule has 0 unspecified atom stereocenters. The van der Waals surface area contributed by atoms with Gasteiger partial charge in [-0.05, 0) is 24.1 Å². The van der Waals surface area contributed by atoms with Crippen molar-refractivity contribution in [3.8, 4) is 6.07 Å². The molecule has 0 saturated carbocycles. The number of pyridine rings is 1. The van der Waals surface area contributed by atoms with Gasteiger partial charge in [0, 0.05) is 5.22 Å². The number of rotatable bonds is 1. The van der Waals surface area contributed by atoms with E-state index in [2.05, 4.69) is 11.6 Å². The second-order valence-corrected chi connectivity index (χ2v) is 4.36. The van der Waals surface area contributed by atoms with Crippen LogP contribution in [0.25, 0.3) is 23.3 Å². The van der Waals surface area contributed by atoms with Crippen molar-refractivity contribution in [2.24, 2.45) is 0 Å². The molecule has 0 spiro atoms. The Balaban J connectivity index is 2.72. The summed E-state index contributed by atoms with van der Waals surface area (Å²) in [7, 11) is 0. The molecule has 2 aromatic heterocycles. The molecule has 4 nitrogen and oxygen atoms in total. The zero-order chi connectivity index (χ0) is 13.6. The van der Waals surface area contributed by atoms with Gasteiger partial charge in [-0.1, -0.05) is 25.6 Å². The number of imidazole rings is 1. The van der Waals surface area contributed by atoms with E-state index in [1.807, 2.05) is 37.3 Å². The number of benzene rings is 1. The van der Waals surface area contributed by atoms with Crippen LogP contribution in [0.3, 0.4) is 0 Å². The number of nitriles is 1. The molecule has 0 amide bonds. The summed E-state index contributed by atoms with van der Waals surface area (Å²) in [4.78, 5) is 16.9. The van der Waals surface area contributed by atoms with Crippen molar-refractivity contribution in [3.63, 3.8) is 0 Å². The van der Waals surface area contributed by atoms with Crippen LogP contribution in [0.4, 0.5) is 0 Å². The van der Waals surface area contributed by atoms with Gasteiger partial charge in [-0.15, -0.1) is 0 Å². The van der Waals surface area contributed by atoms with Crippen LogP contribution in [0.2, 0.25) is 0 Å². The van der Waals surface area contributed by atoms with Crippen LogP contribution < -0.4 is 10.8 Å². The predicted octanol–water partition coefficient (Wildman–Crippen LogP) is 1.41. The number of hydrogen-bond acceptors (Lipinski definition) is 3. The largest absolute Gasteiger partial charge is 0.275 e. The molecule has 4 heteroatoms. The summed E-state index contributed by atoms with van der Waals surface area (Å²) in [6.07, 6.45) is 0.594. The lowest BCUT2D eigenvalue weighted by Crippen LogP contribution is -2.26. The van der Waals surface area contributed by atoms with Crippen LogP contribution in [-0.2, 0) is 6.42 Å². The van der Waals surface area contributed by atoms with E-state index in [1.165, 1.54) is 4.40 Å². The molecule has 0 N–H and O–H groups in total. The standard InChI is InChI=1S/C15H11N3O/c1-3-10-9(2)14-17-12-6-4-5-7-13(12)18(14)15(19)11(10)8-16/h4-7H,2-3H2,1H3. The highest BCUT2D eigenvalue weighted by atomic mass is 16.1. The van der Waals surface area contributed by atoms with Gasteiger partial charge in [-0.3, -0.25) is 9.20 Å². The first-order chi connectivity index (χ1) is 9.19. The summed E-state index contributed by atoms with van der Waals surface area (Å²) in [5.74, 6) is 0. The Bertz CT molecular complexity index is 948. The van der Waals surface area contributed by atoms with Crippen molar-refractivity contribution in [1.82, 2.24) is 9.38 Å². The Hall–Kier alpha value is -2.67. The quantitative estimate of drug-likeness (QED) is 0.655. The lowest BCUT2D eigenvalue weighted by atomic mass is 10.1. The van der Waals surface area contributed by atoms with Crippen LogP contribution >= 0.6 is 0 Å². The SMILES string of the molecule is C=c1c(CC)c(C#N)c(=O)n2c1nc1ccccc12. The summed E-state index contributed by atoms with van der Waals surface area (Å²) < 4.78 is 1.48. The molecule has 1 aromatic carbocycles. The Morgan fingerprint density at radius 1 is 1.42 bits per heavy atom. The van der Waals surface area contributed by atoms with Crippen molar-refractivity contribution in [3.05, 3.63) is 51.0 Å². The number of para-hydroxylation sites is 2. The minimum Gasteiger partial charge on any atom is -0.267 e. The summed E-state index contributed by atoms with van der Waals surface area (Å²) in [5, 5.41) is 9.87. The molecular weight excluding hydrogens is 238 g/mol. The van der Waals surface area contributed by atoms with Gasteiger partial charge < -0.3 is 0 Å². The van der Waals surface area contributed by atoms with Crippen LogP contribution in [-0.4, -0.2) is 9.38 Å². The Morgan fingerprint density at radius 3 is 2.84 bits per heavy atom. The summed E-state index contributed by atoms with van der Waals surface area (Å²) in [6, 6.07) is 9.38. The molecule has 0 saturated heterocycles. The first-order valence-electron chi connectivity index (χ1n) is 6.04. The van der Waals surface area contributed by atoms with Gasteiger partial charge in [0.1, 0.15) is 17.3 Å². The van der Waals surface area contributed by atoms with Crippen molar-refractivity contribution in [1.29, 1.82) is 5.26 Å². The molecule has 19 heavy (non-hydrogen) atoms. The van der Waals surface area contributed by atoms with Gasteiger partial charge in [0.25, 0.3) is 5.56 Å². The average Bonchev–Trinajstić information content (AvgIpc) is 2.82. The van der Waals surface area contributed by atoms with Crippen LogP contribution in [0.15, 0.2) is 29.1 Å². The summed E-state index contributed by atoms with van der Waals surface area (Å²) in [5.41, 5.74) is 2.55. The normalized spacial score (nSPS) is 10.9. The maximum atomic E-state index is 12.4. The Kier molecular flexibility index (Phi) is 2.36. The van der Waals surface area contributed by atoms with Gasteiger partial charge in [0.15, 0.2) is 0 Å². The van der Waals surface area contributed by atoms with Gasteiger partial charge in [-0.25, -0.2) is 4.98 Å². The van der Waals surface area contributed by atoms with Gasteiger partial charge in [0.2, 0.25) is 0 Å². The molecule has 0 aliphatic rings. The second kappa shape index (κ2) is 3.92. The lowest BCUT2D eigenvalue weighted by Gasteiger charge is -2.03. The number of nitrogens with zero attached hydrogens (tertiary/aromatic N) is 3. The predicted molar refractivity (Wildman–Crippen MR) is 73.8 cm³/mol. The fourth-order valence-electron chi connectivity index (χ4n) is 2.47. The van der Waals surface area contributed by atoms with E-state index in [0.29, 0.717) is 28.4 Å². The average molecular weight is 249 g/mol. The zero-order valence-electron chi connectivity index (χ0n) is 10.5. The first-order valence-corrected chi connectivity index (χ1v) is 6.04. The van der Waals surface area contributed by atoms with E-state index < -0.39 is 0 Å². The van der Waals surface area contributed by atoms with Gasteiger partial charge in [0.05, 0.1) is 11.0 Å². The number of fused-ring (bicyclic) bond motifs is 3. The summed E-state index contributed by atoms with van der Waals surface area (Å²) in [6.45, 7) is 5.90.